The fourth-order valence-corrected chi connectivity index (χ4v) is 4.47. The predicted octanol–water partition coefficient (Wildman–Crippen LogP) is 2.18. The highest BCUT2D eigenvalue weighted by atomic mass is 32.2. The highest BCUT2D eigenvalue weighted by Crippen LogP contribution is 2.17. The van der Waals surface area contributed by atoms with E-state index in [1.54, 1.807) is 12.1 Å². The van der Waals surface area contributed by atoms with Gasteiger partial charge in [0.15, 0.2) is 9.84 Å². The monoisotopic (exact) mass is 364 g/mol. The lowest BCUT2D eigenvalue weighted by molar-refractivity contribution is 0.602. The first kappa shape index (κ1) is 17.6. The van der Waals surface area contributed by atoms with Crippen molar-refractivity contribution < 1.29 is 12.8 Å². The number of aryl methyl sites for hydroxylation is 1. The first-order valence-electron chi connectivity index (χ1n) is 8.21. The van der Waals surface area contributed by atoms with Gasteiger partial charge in [-0.2, -0.15) is 4.98 Å². The number of hydrogen-bond acceptors (Lipinski definition) is 6. The number of sulfone groups is 1. The summed E-state index contributed by atoms with van der Waals surface area (Å²) in [6, 6.07) is 8.11. The largest absolute Gasteiger partial charge is 0.370 e. The highest BCUT2D eigenvalue weighted by Gasteiger charge is 2.28. The molecule has 134 valence electrons. The van der Waals surface area contributed by atoms with E-state index in [0.29, 0.717) is 24.7 Å². The zero-order valence-electron chi connectivity index (χ0n) is 14.0. The molecule has 1 saturated heterocycles. The van der Waals surface area contributed by atoms with Crippen molar-refractivity contribution in [2.75, 3.05) is 28.7 Å². The third kappa shape index (κ3) is 5.12. The van der Waals surface area contributed by atoms with Crippen LogP contribution in [-0.2, 0) is 16.3 Å². The van der Waals surface area contributed by atoms with E-state index in [1.807, 2.05) is 13.0 Å². The summed E-state index contributed by atoms with van der Waals surface area (Å²) in [6.07, 6.45) is 1.32. The molecule has 0 aliphatic carbocycles. The van der Waals surface area contributed by atoms with Gasteiger partial charge in [0.05, 0.1) is 11.5 Å². The van der Waals surface area contributed by atoms with Gasteiger partial charge in [-0.1, -0.05) is 12.1 Å². The van der Waals surface area contributed by atoms with E-state index in [4.69, 9.17) is 0 Å². The van der Waals surface area contributed by atoms with Gasteiger partial charge in [0.2, 0.25) is 5.95 Å². The summed E-state index contributed by atoms with van der Waals surface area (Å²) in [5, 5.41) is 6.34. The molecule has 1 unspecified atom stereocenters. The SMILES string of the molecule is Cc1cc(NCCc2ccc(F)cc2)nc(NC2CCS(=O)(=O)C2)n1. The molecule has 0 radical (unpaired) electrons. The molecule has 1 aromatic heterocycles. The van der Waals surface area contributed by atoms with Crippen LogP contribution in [0.15, 0.2) is 30.3 Å². The van der Waals surface area contributed by atoms with Crippen LogP contribution in [0.2, 0.25) is 0 Å². The normalized spacial score (nSPS) is 18.9. The second-order valence-electron chi connectivity index (χ2n) is 6.27. The zero-order valence-corrected chi connectivity index (χ0v) is 14.8. The maximum Gasteiger partial charge on any atom is 0.225 e. The number of nitrogens with one attached hydrogen (secondary N) is 2. The number of rotatable bonds is 6. The van der Waals surface area contributed by atoms with Gasteiger partial charge in [-0.15, -0.1) is 0 Å². The second kappa shape index (κ2) is 7.35. The Morgan fingerprint density at radius 1 is 1.24 bits per heavy atom. The number of nitrogens with zero attached hydrogens (tertiary/aromatic N) is 2. The smallest absolute Gasteiger partial charge is 0.225 e. The topological polar surface area (TPSA) is 84.0 Å². The molecule has 2 heterocycles. The van der Waals surface area contributed by atoms with E-state index >= 15 is 0 Å². The van der Waals surface area contributed by atoms with Crippen LogP contribution in [0.5, 0.6) is 0 Å². The average Bonchev–Trinajstić information content (AvgIpc) is 2.87. The van der Waals surface area contributed by atoms with Gasteiger partial charge in [0.1, 0.15) is 11.6 Å². The van der Waals surface area contributed by atoms with E-state index in [1.165, 1.54) is 12.1 Å². The van der Waals surface area contributed by atoms with Gasteiger partial charge < -0.3 is 10.6 Å². The number of benzene rings is 1. The third-order valence-electron chi connectivity index (χ3n) is 4.05. The van der Waals surface area contributed by atoms with Gasteiger partial charge in [0.25, 0.3) is 0 Å². The summed E-state index contributed by atoms with van der Waals surface area (Å²) in [7, 11) is -2.94. The molecule has 6 nitrogen and oxygen atoms in total. The van der Waals surface area contributed by atoms with Crippen molar-refractivity contribution >= 4 is 21.6 Å². The molecule has 25 heavy (non-hydrogen) atoms. The van der Waals surface area contributed by atoms with Crippen molar-refractivity contribution in [1.82, 2.24) is 9.97 Å². The van der Waals surface area contributed by atoms with E-state index in [2.05, 4.69) is 20.6 Å². The molecule has 1 aliphatic rings. The number of hydrogen-bond donors (Lipinski definition) is 2. The van der Waals surface area contributed by atoms with Crippen LogP contribution in [0.3, 0.4) is 0 Å². The number of anilines is 2. The Labute approximate surface area is 146 Å². The van der Waals surface area contributed by atoms with Gasteiger partial charge in [0, 0.05) is 24.3 Å². The Bertz CT molecular complexity index is 840. The lowest BCUT2D eigenvalue weighted by Gasteiger charge is -2.13. The first-order chi connectivity index (χ1) is 11.9. The minimum atomic E-state index is -2.94. The lowest BCUT2D eigenvalue weighted by Crippen LogP contribution is -2.22. The standard InChI is InChI=1S/C17H21FN4O2S/c1-12-10-16(19-8-6-13-2-4-14(18)5-3-13)22-17(20-12)21-15-7-9-25(23,24)11-15/h2-5,10,15H,6-9,11H2,1H3,(H2,19,20,21,22). The molecule has 0 saturated carbocycles. The number of halogens is 1. The molecular weight excluding hydrogens is 343 g/mol. The predicted molar refractivity (Wildman–Crippen MR) is 96.0 cm³/mol. The molecule has 3 rings (SSSR count). The summed E-state index contributed by atoms with van der Waals surface area (Å²) >= 11 is 0. The molecule has 1 aromatic carbocycles. The molecule has 2 N–H and O–H groups in total. The van der Waals surface area contributed by atoms with Crippen LogP contribution < -0.4 is 10.6 Å². The molecule has 1 fully saturated rings. The Hall–Kier alpha value is -2.22. The molecule has 2 aromatic rings. The van der Waals surface area contributed by atoms with Crippen molar-refractivity contribution in [3.05, 3.63) is 47.4 Å². The quantitative estimate of drug-likeness (QED) is 0.817. The first-order valence-corrected chi connectivity index (χ1v) is 10.0. The van der Waals surface area contributed by atoms with E-state index in [9.17, 15) is 12.8 Å². The minimum Gasteiger partial charge on any atom is -0.370 e. The van der Waals surface area contributed by atoms with Crippen LogP contribution in [0.1, 0.15) is 17.7 Å². The third-order valence-corrected chi connectivity index (χ3v) is 5.82. The molecule has 1 aliphatic heterocycles. The zero-order chi connectivity index (χ0) is 17.9. The molecule has 0 spiro atoms. The summed E-state index contributed by atoms with van der Waals surface area (Å²) in [5.41, 5.74) is 1.83. The van der Waals surface area contributed by atoms with Gasteiger partial charge in [-0.3, -0.25) is 0 Å². The van der Waals surface area contributed by atoms with Crippen molar-refractivity contribution in [1.29, 1.82) is 0 Å². The van der Waals surface area contributed by atoms with E-state index in [0.717, 1.165) is 17.7 Å². The fourth-order valence-electron chi connectivity index (χ4n) is 2.80. The van der Waals surface area contributed by atoms with Gasteiger partial charge >= 0.3 is 0 Å². The Balaban J connectivity index is 1.58. The van der Waals surface area contributed by atoms with Gasteiger partial charge in [-0.05, 0) is 37.5 Å². The van der Waals surface area contributed by atoms with Crippen LogP contribution >= 0.6 is 0 Å². The van der Waals surface area contributed by atoms with Crippen molar-refractivity contribution in [2.45, 2.75) is 25.8 Å². The van der Waals surface area contributed by atoms with Crippen molar-refractivity contribution in [3.8, 4) is 0 Å². The van der Waals surface area contributed by atoms with Crippen molar-refractivity contribution in [3.63, 3.8) is 0 Å². The molecular formula is C17H21FN4O2S. The summed E-state index contributed by atoms with van der Waals surface area (Å²) in [6.45, 7) is 2.52. The van der Waals surface area contributed by atoms with Crippen LogP contribution in [0.25, 0.3) is 0 Å². The molecule has 0 bridgehead atoms. The van der Waals surface area contributed by atoms with Crippen LogP contribution in [0, 0.1) is 12.7 Å². The summed E-state index contributed by atoms with van der Waals surface area (Å²) in [5.74, 6) is 1.20. The Kier molecular flexibility index (Phi) is 5.17. The number of aromatic nitrogens is 2. The average molecular weight is 364 g/mol. The van der Waals surface area contributed by atoms with Crippen LogP contribution in [0.4, 0.5) is 16.2 Å². The van der Waals surface area contributed by atoms with Crippen LogP contribution in [-0.4, -0.2) is 42.5 Å². The lowest BCUT2D eigenvalue weighted by atomic mass is 10.1. The minimum absolute atomic E-state index is 0.123. The molecule has 8 heteroatoms. The maximum absolute atomic E-state index is 12.9. The molecule has 0 amide bonds. The summed E-state index contributed by atoms with van der Waals surface area (Å²) in [4.78, 5) is 8.72. The maximum atomic E-state index is 12.9. The highest BCUT2D eigenvalue weighted by molar-refractivity contribution is 7.91. The van der Waals surface area contributed by atoms with E-state index in [-0.39, 0.29) is 23.4 Å². The fraction of sp³-hybridized carbons (Fsp3) is 0.412. The Morgan fingerprint density at radius 3 is 2.68 bits per heavy atom. The molecule has 1 atom stereocenters. The van der Waals surface area contributed by atoms with E-state index < -0.39 is 9.84 Å². The van der Waals surface area contributed by atoms with Gasteiger partial charge in [-0.25, -0.2) is 17.8 Å². The van der Waals surface area contributed by atoms with Crippen molar-refractivity contribution in [2.24, 2.45) is 0 Å². The Morgan fingerprint density at radius 2 is 2.00 bits per heavy atom. The summed E-state index contributed by atoms with van der Waals surface area (Å²) < 4.78 is 36.0. The second-order valence-corrected chi connectivity index (χ2v) is 8.49.